The van der Waals surface area contributed by atoms with Crippen LogP contribution in [-0.4, -0.2) is 17.4 Å². The predicted molar refractivity (Wildman–Crippen MR) is 58.5 cm³/mol. The molecule has 3 nitrogen and oxygen atoms in total. The van der Waals surface area contributed by atoms with Gasteiger partial charge in [0.1, 0.15) is 0 Å². The van der Waals surface area contributed by atoms with Crippen molar-refractivity contribution in [3.8, 4) is 0 Å². The average Bonchev–Trinajstić information content (AvgIpc) is 2.10. The van der Waals surface area contributed by atoms with E-state index in [0.29, 0.717) is 18.0 Å². The molecule has 0 bridgehead atoms. The van der Waals surface area contributed by atoms with Crippen LogP contribution in [0, 0.1) is 5.92 Å². The van der Waals surface area contributed by atoms with Gasteiger partial charge in [-0.2, -0.15) is 0 Å². The van der Waals surface area contributed by atoms with Crippen LogP contribution in [0.1, 0.15) is 33.1 Å². The fraction of sp³-hybridized carbons (Fsp3) is 0.778. The minimum atomic E-state index is 0.102. The highest BCUT2D eigenvalue weighted by Gasteiger charge is 2.08. The third-order valence-electron chi connectivity index (χ3n) is 1.96. The van der Waals surface area contributed by atoms with Crippen molar-refractivity contribution in [3.63, 3.8) is 0 Å². The maximum atomic E-state index is 11.2. The third-order valence-corrected chi connectivity index (χ3v) is 2.16. The molecule has 0 saturated carbocycles. The summed E-state index contributed by atoms with van der Waals surface area (Å²) in [5.41, 5.74) is 5.31. The van der Waals surface area contributed by atoms with E-state index in [4.69, 9.17) is 18.0 Å². The Morgan fingerprint density at radius 1 is 1.62 bits per heavy atom. The van der Waals surface area contributed by atoms with Gasteiger partial charge in [0, 0.05) is 12.5 Å². The molecule has 3 N–H and O–H groups in total. The molecule has 0 aliphatic carbocycles. The minimum absolute atomic E-state index is 0.102. The van der Waals surface area contributed by atoms with Gasteiger partial charge in [-0.25, -0.2) is 0 Å². The monoisotopic (exact) mass is 202 g/mol. The maximum absolute atomic E-state index is 11.2. The van der Waals surface area contributed by atoms with Gasteiger partial charge in [-0.05, 0) is 19.3 Å². The molecule has 76 valence electrons. The fourth-order valence-corrected chi connectivity index (χ4v) is 0.978. The summed E-state index contributed by atoms with van der Waals surface area (Å²) in [6, 6.07) is 0. The number of hydrogen-bond donors (Lipinski definition) is 2. The molecule has 0 aromatic heterocycles. The second-order valence-electron chi connectivity index (χ2n) is 3.17. The Bertz CT molecular complexity index is 182. The Hall–Kier alpha value is -0.640. The van der Waals surface area contributed by atoms with Crippen molar-refractivity contribution >= 4 is 23.1 Å². The summed E-state index contributed by atoms with van der Waals surface area (Å²) in [5.74, 6) is 0.218. The lowest BCUT2D eigenvalue weighted by atomic mass is 10.1. The van der Waals surface area contributed by atoms with Gasteiger partial charge in [0.25, 0.3) is 0 Å². The van der Waals surface area contributed by atoms with Crippen LogP contribution in [0.4, 0.5) is 0 Å². The molecule has 0 saturated heterocycles. The summed E-state index contributed by atoms with van der Waals surface area (Å²) in [5, 5.41) is 2.83. The number of rotatable bonds is 6. The Balaban J connectivity index is 3.42. The van der Waals surface area contributed by atoms with E-state index in [1.807, 2.05) is 13.8 Å². The summed E-state index contributed by atoms with van der Waals surface area (Å²) in [7, 11) is 0. The lowest BCUT2D eigenvalue weighted by Crippen LogP contribution is -2.30. The Kier molecular flexibility index (Phi) is 6.49. The Morgan fingerprint density at radius 2 is 2.23 bits per heavy atom. The highest BCUT2D eigenvalue weighted by Crippen LogP contribution is 1.99. The van der Waals surface area contributed by atoms with Crippen molar-refractivity contribution in [1.82, 2.24) is 5.32 Å². The Labute approximate surface area is 85.1 Å². The van der Waals surface area contributed by atoms with Crippen LogP contribution in [0.3, 0.4) is 0 Å². The van der Waals surface area contributed by atoms with Gasteiger partial charge in [0.05, 0.1) is 4.99 Å². The van der Waals surface area contributed by atoms with E-state index in [2.05, 4.69) is 5.32 Å². The number of nitrogens with two attached hydrogens (primary N) is 1. The van der Waals surface area contributed by atoms with Gasteiger partial charge >= 0.3 is 0 Å². The van der Waals surface area contributed by atoms with Crippen LogP contribution >= 0.6 is 12.2 Å². The van der Waals surface area contributed by atoms with Gasteiger partial charge in [-0.15, -0.1) is 0 Å². The molecule has 0 aromatic carbocycles. The average molecular weight is 202 g/mol. The van der Waals surface area contributed by atoms with Crippen molar-refractivity contribution in [2.45, 2.75) is 33.1 Å². The number of hydrogen-bond acceptors (Lipinski definition) is 2. The van der Waals surface area contributed by atoms with Crippen molar-refractivity contribution in [1.29, 1.82) is 0 Å². The lowest BCUT2D eigenvalue weighted by Gasteiger charge is -2.09. The number of carbonyl (C=O) groups is 1. The smallest absolute Gasteiger partial charge is 0.222 e. The number of amides is 1. The number of nitrogens with one attached hydrogen (secondary N) is 1. The van der Waals surface area contributed by atoms with Crippen molar-refractivity contribution in [3.05, 3.63) is 0 Å². The molecule has 0 radical (unpaired) electrons. The zero-order valence-electron chi connectivity index (χ0n) is 8.30. The second-order valence-corrected chi connectivity index (χ2v) is 3.69. The van der Waals surface area contributed by atoms with Crippen molar-refractivity contribution in [2.24, 2.45) is 11.7 Å². The molecule has 4 heteroatoms. The first-order valence-electron chi connectivity index (χ1n) is 4.64. The molecule has 1 atom stereocenters. The fourth-order valence-electron chi connectivity index (χ4n) is 0.834. The first-order valence-corrected chi connectivity index (χ1v) is 5.04. The summed E-state index contributed by atoms with van der Waals surface area (Å²) in [4.78, 5) is 11.8. The van der Waals surface area contributed by atoms with Gasteiger partial charge in [0.2, 0.25) is 5.91 Å². The van der Waals surface area contributed by atoms with E-state index >= 15 is 0 Å². The SMILES string of the molecule is CCC(C)C(=O)NCCCC(N)=S. The zero-order valence-corrected chi connectivity index (χ0v) is 9.12. The van der Waals surface area contributed by atoms with Gasteiger partial charge in [-0.1, -0.05) is 26.1 Å². The molecule has 0 spiro atoms. The van der Waals surface area contributed by atoms with Crippen molar-refractivity contribution in [2.75, 3.05) is 6.54 Å². The standard InChI is InChI=1S/C9H18N2OS/c1-3-7(2)9(12)11-6-4-5-8(10)13/h7H,3-6H2,1-2H3,(H2,10,13)(H,11,12). The quantitative estimate of drug-likeness (QED) is 0.503. The number of carbonyl (C=O) groups excluding carboxylic acids is 1. The normalized spacial score (nSPS) is 12.2. The van der Waals surface area contributed by atoms with Gasteiger partial charge < -0.3 is 11.1 Å². The molecule has 0 aliphatic rings. The molecule has 0 heterocycles. The Morgan fingerprint density at radius 3 is 2.69 bits per heavy atom. The predicted octanol–water partition coefficient (Wildman–Crippen LogP) is 1.22. The molecular formula is C9H18N2OS. The minimum Gasteiger partial charge on any atom is -0.393 e. The summed E-state index contributed by atoms with van der Waals surface area (Å²) < 4.78 is 0. The van der Waals surface area contributed by atoms with E-state index < -0.39 is 0 Å². The van der Waals surface area contributed by atoms with Crippen LogP contribution in [-0.2, 0) is 4.79 Å². The molecule has 1 unspecified atom stereocenters. The van der Waals surface area contributed by atoms with Crippen LogP contribution in [0.2, 0.25) is 0 Å². The van der Waals surface area contributed by atoms with E-state index in [-0.39, 0.29) is 11.8 Å². The van der Waals surface area contributed by atoms with Crippen LogP contribution < -0.4 is 11.1 Å². The molecule has 0 rings (SSSR count). The molecule has 13 heavy (non-hydrogen) atoms. The zero-order chi connectivity index (χ0) is 10.3. The summed E-state index contributed by atoms with van der Waals surface area (Å²) >= 11 is 4.71. The molecule has 0 aliphatic heterocycles. The lowest BCUT2D eigenvalue weighted by molar-refractivity contribution is -0.124. The highest BCUT2D eigenvalue weighted by atomic mass is 32.1. The molecule has 1 amide bonds. The summed E-state index contributed by atoms with van der Waals surface area (Å²) in [6.07, 6.45) is 2.41. The first kappa shape index (κ1) is 12.4. The van der Waals surface area contributed by atoms with E-state index in [0.717, 1.165) is 12.8 Å². The van der Waals surface area contributed by atoms with Crippen LogP contribution in [0.25, 0.3) is 0 Å². The third kappa shape index (κ3) is 6.51. The topological polar surface area (TPSA) is 55.1 Å². The molecular weight excluding hydrogens is 184 g/mol. The molecule has 0 fully saturated rings. The van der Waals surface area contributed by atoms with E-state index in [1.165, 1.54) is 0 Å². The number of thiocarbonyl (C=S) groups is 1. The van der Waals surface area contributed by atoms with E-state index in [9.17, 15) is 4.79 Å². The maximum Gasteiger partial charge on any atom is 0.222 e. The van der Waals surface area contributed by atoms with Crippen LogP contribution in [0.5, 0.6) is 0 Å². The molecule has 0 aromatic rings. The van der Waals surface area contributed by atoms with Crippen LogP contribution in [0.15, 0.2) is 0 Å². The van der Waals surface area contributed by atoms with Gasteiger partial charge in [0.15, 0.2) is 0 Å². The van der Waals surface area contributed by atoms with Gasteiger partial charge in [-0.3, -0.25) is 4.79 Å². The highest BCUT2D eigenvalue weighted by molar-refractivity contribution is 7.80. The second kappa shape index (κ2) is 6.83. The first-order chi connectivity index (χ1) is 6.07. The van der Waals surface area contributed by atoms with Crippen molar-refractivity contribution < 1.29 is 4.79 Å². The van der Waals surface area contributed by atoms with E-state index in [1.54, 1.807) is 0 Å². The summed E-state index contributed by atoms with van der Waals surface area (Å²) in [6.45, 7) is 4.59. The largest absolute Gasteiger partial charge is 0.393 e.